The first kappa shape index (κ1) is 17.9. The second-order valence-electron chi connectivity index (χ2n) is 5.40. The normalized spacial score (nSPS) is 26.5. The quantitative estimate of drug-likeness (QED) is 0.577. The molecule has 2 rings (SSSR count). The van der Waals surface area contributed by atoms with Crippen molar-refractivity contribution < 1.29 is 33.3 Å². The van der Waals surface area contributed by atoms with E-state index in [-0.39, 0.29) is 6.61 Å². The highest BCUT2D eigenvalue weighted by Gasteiger charge is 2.47. The highest BCUT2D eigenvalue weighted by Crippen LogP contribution is 2.31. The molecule has 24 heavy (non-hydrogen) atoms. The van der Waals surface area contributed by atoms with Gasteiger partial charge in [-0.2, -0.15) is 0 Å². The molecule has 1 saturated heterocycles. The lowest BCUT2D eigenvalue weighted by molar-refractivity contribution is -0.239. The van der Waals surface area contributed by atoms with E-state index in [4.69, 9.17) is 18.9 Å². The van der Waals surface area contributed by atoms with Crippen LogP contribution in [0.15, 0.2) is 12.4 Å². The van der Waals surface area contributed by atoms with Crippen LogP contribution < -0.4 is 0 Å². The molecule has 4 atom stereocenters. The van der Waals surface area contributed by atoms with Gasteiger partial charge in [0.05, 0.1) is 6.61 Å². The summed E-state index contributed by atoms with van der Waals surface area (Å²) in [7, 11) is 0. The summed E-state index contributed by atoms with van der Waals surface area (Å²) in [5.41, 5.74) is 0. The largest absolute Gasteiger partial charge is 0.456 e. The molecule has 1 aliphatic rings. The van der Waals surface area contributed by atoms with Crippen molar-refractivity contribution in [1.82, 2.24) is 9.55 Å². The number of hydrogen-bond donors (Lipinski definition) is 0. The average molecular weight is 340 g/mol. The minimum atomic E-state index is -0.990. The monoisotopic (exact) mass is 340 g/mol. The van der Waals surface area contributed by atoms with Crippen LogP contribution in [0.5, 0.6) is 0 Å². The minimum absolute atomic E-state index is 0.0163. The first-order valence-corrected chi connectivity index (χ1v) is 7.42. The molecule has 9 nitrogen and oxygen atoms in total. The fourth-order valence-corrected chi connectivity index (χ4v) is 2.62. The molecular formula is C15H20N2O7. The Hall–Kier alpha value is -2.42. The van der Waals surface area contributed by atoms with E-state index in [0.717, 1.165) is 0 Å². The van der Waals surface area contributed by atoms with Crippen LogP contribution in [0.1, 0.15) is 32.8 Å². The van der Waals surface area contributed by atoms with Gasteiger partial charge >= 0.3 is 17.9 Å². The third kappa shape index (κ3) is 4.10. The Morgan fingerprint density at radius 2 is 1.67 bits per heavy atom. The van der Waals surface area contributed by atoms with Crippen LogP contribution >= 0.6 is 0 Å². The molecule has 9 heteroatoms. The molecule has 0 bridgehead atoms. The fraction of sp³-hybridized carbons (Fsp3) is 0.600. The fourth-order valence-electron chi connectivity index (χ4n) is 2.62. The van der Waals surface area contributed by atoms with Crippen molar-refractivity contribution in [2.45, 2.75) is 52.2 Å². The van der Waals surface area contributed by atoms with Crippen molar-refractivity contribution in [3.8, 4) is 0 Å². The van der Waals surface area contributed by atoms with Gasteiger partial charge in [-0.05, 0) is 6.92 Å². The second kappa shape index (κ2) is 7.43. The molecule has 132 valence electrons. The zero-order valence-corrected chi connectivity index (χ0v) is 13.9. The van der Waals surface area contributed by atoms with E-state index in [1.54, 1.807) is 23.9 Å². The smallest absolute Gasteiger partial charge is 0.303 e. The second-order valence-corrected chi connectivity index (χ2v) is 5.40. The van der Waals surface area contributed by atoms with Crippen LogP contribution in [-0.4, -0.2) is 52.4 Å². The van der Waals surface area contributed by atoms with Gasteiger partial charge in [-0.15, -0.1) is 0 Å². The van der Waals surface area contributed by atoms with Gasteiger partial charge in [0.15, 0.2) is 24.5 Å². The molecule has 0 amide bonds. The highest BCUT2D eigenvalue weighted by atomic mass is 16.6. The summed E-state index contributed by atoms with van der Waals surface area (Å²) in [4.78, 5) is 38.4. The summed E-state index contributed by atoms with van der Waals surface area (Å²) in [5.74, 6) is -1.09. The lowest BCUT2D eigenvalue weighted by Crippen LogP contribution is -2.55. The maximum absolute atomic E-state index is 11.5. The number of imidazole rings is 1. The van der Waals surface area contributed by atoms with Crippen molar-refractivity contribution in [3.05, 3.63) is 18.2 Å². The van der Waals surface area contributed by atoms with Gasteiger partial charge in [0.2, 0.25) is 0 Å². The maximum atomic E-state index is 11.5. The van der Waals surface area contributed by atoms with Gasteiger partial charge in [0.1, 0.15) is 5.82 Å². The first-order valence-electron chi connectivity index (χ1n) is 7.42. The zero-order valence-electron chi connectivity index (χ0n) is 13.9. The number of carbonyl (C=O) groups is 3. The van der Waals surface area contributed by atoms with Crippen LogP contribution in [0.25, 0.3) is 0 Å². The number of nitrogens with zero attached hydrogens (tertiary/aromatic N) is 2. The summed E-state index contributed by atoms with van der Waals surface area (Å²) >= 11 is 0. The van der Waals surface area contributed by atoms with E-state index in [2.05, 4.69) is 4.98 Å². The SMILES string of the molecule is CC(=O)O[C@H]1[C@H](OC(C)=O)COC(n2ccnc2C)[C@@H]1OC(C)=O. The Bertz CT molecular complexity index is 627. The summed E-state index contributed by atoms with van der Waals surface area (Å²) < 4.78 is 23.1. The molecule has 2 heterocycles. The van der Waals surface area contributed by atoms with Crippen LogP contribution in [0, 0.1) is 6.92 Å². The van der Waals surface area contributed by atoms with E-state index >= 15 is 0 Å². The third-order valence-electron chi connectivity index (χ3n) is 3.46. The Morgan fingerprint density at radius 3 is 2.17 bits per heavy atom. The average Bonchev–Trinajstić information content (AvgIpc) is 2.87. The number of hydrogen-bond acceptors (Lipinski definition) is 8. The number of aromatic nitrogens is 2. The Balaban J connectivity index is 2.36. The van der Waals surface area contributed by atoms with Gasteiger partial charge in [0.25, 0.3) is 0 Å². The van der Waals surface area contributed by atoms with Crippen LogP contribution in [-0.2, 0) is 33.3 Å². The standard InChI is InChI=1S/C15H20N2O7/c1-8-16-5-6-17(8)15-14(24-11(4)20)13(23-10(3)19)12(7-21-15)22-9(2)18/h5-6,12-15H,7H2,1-4H3/t12-,13+,14-,15?/m1/s1. The van der Waals surface area contributed by atoms with Gasteiger partial charge in [-0.1, -0.05) is 0 Å². The van der Waals surface area contributed by atoms with E-state index < -0.39 is 42.4 Å². The van der Waals surface area contributed by atoms with E-state index in [0.29, 0.717) is 5.82 Å². The van der Waals surface area contributed by atoms with Crippen molar-refractivity contribution in [2.75, 3.05) is 6.61 Å². The number of rotatable bonds is 4. The van der Waals surface area contributed by atoms with Crippen LogP contribution in [0.3, 0.4) is 0 Å². The van der Waals surface area contributed by atoms with Gasteiger partial charge in [0, 0.05) is 33.2 Å². The Kier molecular flexibility index (Phi) is 5.55. The minimum Gasteiger partial charge on any atom is -0.456 e. The number of aryl methyl sites for hydroxylation is 1. The lowest BCUT2D eigenvalue weighted by atomic mass is 10.0. The molecule has 1 unspecified atom stereocenters. The van der Waals surface area contributed by atoms with Crippen molar-refractivity contribution >= 4 is 17.9 Å². The molecule has 0 saturated carbocycles. The predicted molar refractivity (Wildman–Crippen MR) is 78.6 cm³/mol. The number of esters is 3. The van der Waals surface area contributed by atoms with E-state index in [9.17, 15) is 14.4 Å². The third-order valence-corrected chi connectivity index (χ3v) is 3.46. The molecule has 1 aromatic rings. The maximum Gasteiger partial charge on any atom is 0.303 e. The first-order chi connectivity index (χ1) is 11.3. The van der Waals surface area contributed by atoms with Crippen molar-refractivity contribution in [3.63, 3.8) is 0 Å². The van der Waals surface area contributed by atoms with Crippen molar-refractivity contribution in [1.29, 1.82) is 0 Å². The summed E-state index contributed by atoms with van der Waals surface area (Å²) in [6, 6.07) is 0. The summed E-state index contributed by atoms with van der Waals surface area (Å²) in [5, 5.41) is 0. The van der Waals surface area contributed by atoms with E-state index in [1.165, 1.54) is 20.8 Å². The summed E-state index contributed by atoms with van der Waals surface area (Å²) in [6.07, 6.45) is -0.382. The molecule has 0 spiro atoms. The number of carbonyl (C=O) groups excluding carboxylic acids is 3. The van der Waals surface area contributed by atoms with Crippen LogP contribution in [0.2, 0.25) is 0 Å². The van der Waals surface area contributed by atoms with E-state index in [1.807, 2.05) is 0 Å². The lowest BCUT2D eigenvalue weighted by Gasteiger charge is -2.41. The Labute approximate surface area is 138 Å². The molecule has 1 aromatic heterocycles. The molecule has 1 fully saturated rings. The molecule has 1 aliphatic heterocycles. The molecule has 0 radical (unpaired) electrons. The van der Waals surface area contributed by atoms with Crippen LogP contribution in [0.4, 0.5) is 0 Å². The van der Waals surface area contributed by atoms with Gasteiger partial charge < -0.3 is 23.5 Å². The van der Waals surface area contributed by atoms with Crippen molar-refractivity contribution in [2.24, 2.45) is 0 Å². The molecule has 0 aromatic carbocycles. The zero-order chi connectivity index (χ0) is 17.9. The highest BCUT2D eigenvalue weighted by molar-refractivity contribution is 5.68. The predicted octanol–water partition coefficient (Wildman–Crippen LogP) is 0.515. The molecular weight excluding hydrogens is 320 g/mol. The van der Waals surface area contributed by atoms with Gasteiger partial charge in [-0.3, -0.25) is 14.4 Å². The molecule has 0 aliphatic carbocycles. The van der Waals surface area contributed by atoms with Gasteiger partial charge in [-0.25, -0.2) is 4.98 Å². The molecule has 0 N–H and O–H groups in total. The number of ether oxygens (including phenoxy) is 4. The topological polar surface area (TPSA) is 106 Å². The Morgan fingerprint density at radius 1 is 1.08 bits per heavy atom. The summed E-state index contributed by atoms with van der Waals surface area (Å²) in [6.45, 7) is 5.43.